The first-order chi connectivity index (χ1) is 9.25. The van der Waals surface area contributed by atoms with Gasteiger partial charge in [0.2, 0.25) is 10.0 Å². The smallest absolute Gasteiger partial charge is 0.238 e. The van der Waals surface area contributed by atoms with E-state index in [1.165, 1.54) is 12.1 Å². The van der Waals surface area contributed by atoms with E-state index < -0.39 is 10.0 Å². The van der Waals surface area contributed by atoms with Crippen LogP contribution in [-0.2, 0) is 14.8 Å². The molecule has 0 bridgehead atoms. The van der Waals surface area contributed by atoms with Crippen molar-refractivity contribution in [3.05, 3.63) is 22.7 Å². The van der Waals surface area contributed by atoms with E-state index in [1.807, 2.05) is 0 Å². The summed E-state index contributed by atoms with van der Waals surface area (Å²) in [6.07, 6.45) is 2.29. The third-order valence-electron chi connectivity index (χ3n) is 3.33. The van der Waals surface area contributed by atoms with E-state index in [1.54, 1.807) is 6.07 Å². The van der Waals surface area contributed by atoms with Gasteiger partial charge in [-0.1, -0.05) is 0 Å². The summed E-state index contributed by atoms with van der Waals surface area (Å²) in [6.45, 7) is 4.12. The normalized spacial score (nSPS) is 27.3. The third kappa shape index (κ3) is 3.94. The first-order valence-corrected chi connectivity index (χ1v) is 8.84. The van der Waals surface area contributed by atoms with Crippen LogP contribution in [0.2, 0.25) is 0 Å². The second-order valence-corrected chi connectivity index (χ2v) is 7.67. The van der Waals surface area contributed by atoms with Crippen molar-refractivity contribution in [1.29, 1.82) is 0 Å². The van der Waals surface area contributed by atoms with E-state index >= 15 is 0 Å². The average Bonchev–Trinajstić information content (AvgIpc) is 2.29. The zero-order valence-electron chi connectivity index (χ0n) is 11.5. The van der Waals surface area contributed by atoms with Gasteiger partial charge >= 0.3 is 0 Å². The minimum absolute atomic E-state index is 0.101. The van der Waals surface area contributed by atoms with Crippen molar-refractivity contribution in [3.63, 3.8) is 0 Å². The van der Waals surface area contributed by atoms with Gasteiger partial charge in [-0.05, 0) is 60.8 Å². The van der Waals surface area contributed by atoms with Gasteiger partial charge in [0, 0.05) is 16.2 Å². The number of hydrogen-bond acceptors (Lipinski definition) is 4. The number of benzene rings is 1. The van der Waals surface area contributed by atoms with Gasteiger partial charge in [0.1, 0.15) is 0 Å². The van der Waals surface area contributed by atoms with Gasteiger partial charge < -0.3 is 10.1 Å². The summed E-state index contributed by atoms with van der Waals surface area (Å²) in [7, 11) is -3.67. The van der Waals surface area contributed by atoms with Crippen LogP contribution >= 0.6 is 15.9 Å². The Bertz CT molecular complexity index is 581. The molecule has 1 aromatic rings. The first kappa shape index (κ1) is 15.8. The second-order valence-electron chi connectivity index (χ2n) is 5.26. The van der Waals surface area contributed by atoms with Crippen molar-refractivity contribution in [2.24, 2.45) is 5.14 Å². The number of halogens is 1. The Kier molecular flexibility index (Phi) is 4.73. The lowest BCUT2D eigenvalue weighted by molar-refractivity contribution is -0.0337. The molecule has 0 aromatic heterocycles. The summed E-state index contributed by atoms with van der Waals surface area (Å²) < 4.78 is 29.0. The monoisotopic (exact) mass is 362 g/mol. The van der Waals surface area contributed by atoms with Crippen LogP contribution in [0, 0.1) is 0 Å². The highest BCUT2D eigenvalue weighted by atomic mass is 79.9. The molecule has 20 heavy (non-hydrogen) atoms. The maximum absolute atomic E-state index is 11.3. The molecule has 0 amide bonds. The number of primary sulfonamides is 1. The SMILES string of the molecule is CC1CC(Nc2ccc(S(N)(=O)=O)cc2Br)CC(C)O1. The van der Waals surface area contributed by atoms with Gasteiger partial charge in [0.25, 0.3) is 0 Å². The summed E-state index contributed by atoms with van der Waals surface area (Å²) in [5.74, 6) is 0. The predicted octanol–water partition coefficient (Wildman–Crippen LogP) is 2.46. The first-order valence-electron chi connectivity index (χ1n) is 6.50. The number of anilines is 1. The Morgan fingerprint density at radius 3 is 2.40 bits per heavy atom. The number of sulfonamides is 1. The Hall–Kier alpha value is -0.630. The van der Waals surface area contributed by atoms with Crippen LogP contribution in [0.1, 0.15) is 26.7 Å². The van der Waals surface area contributed by atoms with Crippen molar-refractivity contribution in [2.45, 2.75) is 49.8 Å². The lowest BCUT2D eigenvalue weighted by Crippen LogP contribution is -2.36. The molecule has 1 heterocycles. The van der Waals surface area contributed by atoms with Crippen molar-refractivity contribution in [1.82, 2.24) is 0 Å². The van der Waals surface area contributed by atoms with Crippen LogP contribution in [-0.4, -0.2) is 26.7 Å². The molecule has 5 nitrogen and oxygen atoms in total. The molecule has 2 unspecified atom stereocenters. The summed E-state index contributed by atoms with van der Waals surface area (Å²) in [6, 6.07) is 5.07. The Morgan fingerprint density at radius 1 is 1.30 bits per heavy atom. The van der Waals surface area contributed by atoms with Crippen molar-refractivity contribution >= 4 is 31.6 Å². The van der Waals surface area contributed by atoms with Crippen molar-refractivity contribution < 1.29 is 13.2 Å². The number of hydrogen-bond donors (Lipinski definition) is 2. The predicted molar refractivity (Wildman–Crippen MR) is 82.2 cm³/mol. The zero-order valence-corrected chi connectivity index (χ0v) is 13.9. The van der Waals surface area contributed by atoms with E-state index in [9.17, 15) is 8.42 Å². The molecule has 112 valence electrons. The van der Waals surface area contributed by atoms with Crippen LogP contribution in [0.4, 0.5) is 5.69 Å². The van der Waals surface area contributed by atoms with E-state index in [0.717, 1.165) is 18.5 Å². The van der Waals surface area contributed by atoms with Crippen LogP contribution in [0.5, 0.6) is 0 Å². The molecule has 0 aliphatic carbocycles. The lowest BCUT2D eigenvalue weighted by Gasteiger charge is -2.33. The molecule has 2 atom stereocenters. The molecule has 2 rings (SSSR count). The van der Waals surface area contributed by atoms with E-state index in [2.05, 4.69) is 35.1 Å². The molecular weight excluding hydrogens is 344 g/mol. The summed E-state index contributed by atoms with van der Waals surface area (Å²) in [5.41, 5.74) is 0.865. The van der Waals surface area contributed by atoms with E-state index in [0.29, 0.717) is 10.5 Å². The summed E-state index contributed by atoms with van der Waals surface area (Å²) >= 11 is 3.38. The number of nitrogens with two attached hydrogens (primary N) is 1. The third-order valence-corrected chi connectivity index (χ3v) is 4.89. The van der Waals surface area contributed by atoms with Gasteiger partial charge in [-0.15, -0.1) is 0 Å². The van der Waals surface area contributed by atoms with Gasteiger partial charge in [-0.3, -0.25) is 0 Å². The Morgan fingerprint density at radius 2 is 1.90 bits per heavy atom. The van der Waals surface area contributed by atoms with Crippen molar-refractivity contribution in [3.8, 4) is 0 Å². The molecule has 1 fully saturated rings. The Balaban J connectivity index is 2.14. The van der Waals surface area contributed by atoms with Gasteiger partial charge in [-0.2, -0.15) is 0 Å². The zero-order chi connectivity index (χ0) is 14.9. The molecule has 1 saturated heterocycles. The van der Waals surface area contributed by atoms with Gasteiger partial charge in [0.05, 0.1) is 17.1 Å². The topological polar surface area (TPSA) is 81.4 Å². The van der Waals surface area contributed by atoms with Crippen LogP contribution in [0.25, 0.3) is 0 Å². The van der Waals surface area contributed by atoms with Crippen LogP contribution in [0.15, 0.2) is 27.6 Å². The highest BCUT2D eigenvalue weighted by Crippen LogP contribution is 2.29. The summed E-state index contributed by atoms with van der Waals surface area (Å²) in [4.78, 5) is 0.101. The minimum atomic E-state index is -3.67. The Labute approximate surface area is 128 Å². The fourth-order valence-electron chi connectivity index (χ4n) is 2.53. The molecular formula is C13H19BrN2O3S. The van der Waals surface area contributed by atoms with Crippen LogP contribution in [0.3, 0.4) is 0 Å². The number of nitrogens with one attached hydrogen (secondary N) is 1. The molecule has 1 aromatic carbocycles. The lowest BCUT2D eigenvalue weighted by atomic mass is 9.99. The molecule has 0 spiro atoms. The average molecular weight is 363 g/mol. The standard InChI is InChI=1S/C13H19BrN2O3S/c1-8-5-10(6-9(2)19-8)16-13-4-3-11(7-12(13)14)20(15,17)18/h3-4,7-10,16H,5-6H2,1-2H3,(H2,15,17,18). The molecule has 7 heteroatoms. The van der Waals surface area contributed by atoms with Gasteiger partial charge in [0.15, 0.2) is 0 Å². The van der Waals surface area contributed by atoms with E-state index in [-0.39, 0.29) is 17.1 Å². The number of ether oxygens (including phenoxy) is 1. The van der Waals surface area contributed by atoms with Gasteiger partial charge in [-0.25, -0.2) is 13.6 Å². The second kappa shape index (κ2) is 6.01. The summed E-state index contributed by atoms with van der Waals surface area (Å²) in [5, 5.41) is 8.54. The molecule has 1 aliphatic heterocycles. The largest absolute Gasteiger partial charge is 0.381 e. The molecule has 1 aliphatic rings. The quantitative estimate of drug-likeness (QED) is 0.865. The minimum Gasteiger partial charge on any atom is -0.381 e. The molecule has 0 saturated carbocycles. The fourth-order valence-corrected chi connectivity index (χ4v) is 3.72. The molecule has 3 N–H and O–H groups in total. The highest BCUT2D eigenvalue weighted by Gasteiger charge is 2.24. The number of rotatable bonds is 3. The maximum Gasteiger partial charge on any atom is 0.238 e. The maximum atomic E-state index is 11.3. The molecule has 0 radical (unpaired) electrons. The highest BCUT2D eigenvalue weighted by molar-refractivity contribution is 9.10. The van der Waals surface area contributed by atoms with Crippen LogP contribution < -0.4 is 10.5 Å². The van der Waals surface area contributed by atoms with E-state index in [4.69, 9.17) is 9.88 Å². The van der Waals surface area contributed by atoms with Crippen molar-refractivity contribution in [2.75, 3.05) is 5.32 Å². The fraction of sp³-hybridized carbons (Fsp3) is 0.538.